The first kappa shape index (κ1) is 32.0. The summed E-state index contributed by atoms with van der Waals surface area (Å²) in [6, 6.07) is 17.4. The van der Waals surface area contributed by atoms with Gasteiger partial charge in [-0.05, 0) is 68.9 Å². The van der Waals surface area contributed by atoms with E-state index in [1.54, 1.807) is 35.4 Å². The second kappa shape index (κ2) is 14.7. The number of carbonyl (C=O) groups excluding carboxylic acids is 1. The Kier molecular flexibility index (Phi) is 9.99. The SMILES string of the molecule is CCCCN(C(=O)O)C1CCN(c2nccc(Oc3ccc(NC(=O)c4cc(F)cc(N5CCCCC5)c4)c4ccccc34)n2)CC1. The summed E-state index contributed by atoms with van der Waals surface area (Å²) in [6.45, 7) is 5.61. The molecule has 0 aliphatic carbocycles. The Morgan fingerprint density at radius 2 is 1.74 bits per heavy atom. The summed E-state index contributed by atoms with van der Waals surface area (Å²) >= 11 is 0. The van der Waals surface area contributed by atoms with E-state index >= 15 is 0 Å². The summed E-state index contributed by atoms with van der Waals surface area (Å²) in [7, 11) is 0. The number of ether oxygens (including phenoxy) is 1. The zero-order chi connectivity index (χ0) is 32.8. The summed E-state index contributed by atoms with van der Waals surface area (Å²) in [6.07, 6.45) is 7.28. The molecule has 3 heterocycles. The predicted molar refractivity (Wildman–Crippen MR) is 181 cm³/mol. The number of fused-ring (bicyclic) bond motifs is 1. The molecule has 0 unspecified atom stereocenters. The molecule has 6 rings (SSSR count). The maximum Gasteiger partial charge on any atom is 0.407 e. The topological polar surface area (TPSA) is 111 Å². The Hall–Kier alpha value is -4.93. The molecule has 10 nitrogen and oxygen atoms in total. The Balaban J connectivity index is 1.16. The van der Waals surface area contributed by atoms with Crippen LogP contribution in [0.2, 0.25) is 0 Å². The number of halogens is 1. The van der Waals surface area contributed by atoms with Gasteiger partial charge < -0.3 is 29.9 Å². The highest BCUT2D eigenvalue weighted by molar-refractivity contribution is 6.10. The van der Waals surface area contributed by atoms with Gasteiger partial charge >= 0.3 is 6.09 Å². The lowest BCUT2D eigenvalue weighted by Gasteiger charge is -2.37. The molecule has 2 amide bonds. The molecule has 0 spiro atoms. The van der Waals surface area contributed by atoms with Crippen molar-refractivity contribution in [2.45, 2.75) is 57.9 Å². The molecule has 2 N–H and O–H groups in total. The number of unbranched alkanes of at least 4 members (excludes halogenated alkanes) is 1. The van der Waals surface area contributed by atoms with Crippen LogP contribution in [0.15, 0.2) is 66.9 Å². The molecule has 2 aliphatic heterocycles. The quantitative estimate of drug-likeness (QED) is 0.183. The third-order valence-electron chi connectivity index (χ3n) is 9.02. The lowest BCUT2D eigenvalue weighted by molar-refractivity contribution is 0.102. The fourth-order valence-corrected chi connectivity index (χ4v) is 6.50. The van der Waals surface area contributed by atoms with E-state index in [2.05, 4.69) is 32.0 Å². The summed E-state index contributed by atoms with van der Waals surface area (Å²) in [4.78, 5) is 40.1. The van der Waals surface area contributed by atoms with Crippen LogP contribution in [0.5, 0.6) is 11.6 Å². The van der Waals surface area contributed by atoms with Gasteiger partial charge in [0.15, 0.2) is 0 Å². The van der Waals surface area contributed by atoms with E-state index in [1.807, 2.05) is 24.3 Å². The van der Waals surface area contributed by atoms with Crippen LogP contribution in [0, 0.1) is 5.82 Å². The maximum absolute atomic E-state index is 14.6. The van der Waals surface area contributed by atoms with Crippen LogP contribution in [-0.2, 0) is 0 Å². The van der Waals surface area contributed by atoms with Crippen molar-refractivity contribution in [3.63, 3.8) is 0 Å². The van der Waals surface area contributed by atoms with E-state index in [0.717, 1.165) is 61.7 Å². The minimum Gasteiger partial charge on any atom is -0.465 e. The smallest absolute Gasteiger partial charge is 0.407 e. The van der Waals surface area contributed by atoms with Gasteiger partial charge in [-0.15, -0.1) is 0 Å². The van der Waals surface area contributed by atoms with Crippen LogP contribution in [0.4, 0.5) is 26.5 Å². The first-order valence-corrected chi connectivity index (χ1v) is 16.5. The lowest BCUT2D eigenvalue weighted by atomic mass is 10.0. The second-order valence-electron chi connectivity index (χ2n) is 12.2. The molecule has 3 aromatic carbocycles. The van der Waals surface area contributed by atoms with Crippen molar-refractivity contribution in [2.75, 3.05) is 47.8 Å². The van der Waals surface area contributed by atoms with Gasteiger partial charge in [-0.3, -0.25) is 4.79 Å². The van der Waals surface area contributed by atoms with E-state index in [9.17, 15) is 19.1 Å². The van der Waals surface area contributed by atoms with Crippen molar-refractivity contribution in [2.24, 2.45) is 0 Å². The molecule has 246 valence electrons. The van der Waals surface area contributed by atoms with Crippen molar-refractivity contribution in [1.29, 1.82) is 0 Å². The molecule has 11 heteroatoms. The number of anilines is 3. The minimum atomic E-state index is -0.864. The number of hydrogen-bond donors (Lipinski definition) is 2. The van der Waals surface area contributed by atoms with Crippen LogP contribution in [0.3, 0.4) is 0 Å². The molecule has 2 fully saturated rings. The van der Waals surface area contributed by atoms with E-state index in [4.69, 9.17) is 4.74 Å². The Morgan fingerprint density at radius 1 is 0.979 bits per heavy atom. The molecule has 47 heavy (non-hydrogen) atoms. The highest BCUT2D eigenvalue weighted by atomic mass is 19.1. The van der Waals surface area contributed by atoms with E-state index in [1.165, 1.54) is 12.1 Å². The van der Waals surface area contributed by atoms with Crippen LogP contribution < -0.4 is 19.9 Å². The van der Waals surface area contributed by atoms with Crippen molar-refractivity contribution in [3.8, 4) is 11.6 Å². The molecule has 2 aliphatic rings. The summed E-state index contributed by atoms with van der Waals surface area (Å²) in [5.74, 6) is 0.646. The molecule has 1 aromatic heterocycles. The number of carbonyl (C=O) groups is 2. The van der Waals surface area contributed by atoms with Crippen molar-refractivity contribution < 1.29 is 23.8 Å². The van der Waals surface area contributed by atoms with E-state index < -0.39 is 11.9 Å². The minimum absolute atomic E-state index is 0.0160. The number of hydrogen-bond acceptors (Lipinski definition) is 7. The van der Waals surface area contributed by atoms with Crippen molar-refractivity contribution >= 4 is 40.1 Å². The number of amides is 2. The normalized spacial score (nSPS) is 15.4. The molecule has 4 aromatic rings. The monoisotopic (exact) mass is 640 g/mol. The van der Waals surface area contributed by atoms with E-state index in [-0.39, 0.29) is 17.5 Å². The fraction of sp³-hybridized carbons (Fsp3) is 0.389. The number of rotatable bonds is 10. The van der Waals surface area contributed by atoms with Gasteiger partial charge in [0.2, 0.25) is 11.8 Å². The Bertz CT molecular complexity index is 1720. The Labute approximate surface area is 274 Å². The van der Waals surface area contributed by atoms with Crippen LogP contribution in [-0.4, -0.2) is 70.7 Å². The number of benzene rings is 3. The number of aromatic nitrogens is 2. The van der Waals surface area contributed by atoms with Crippen molar-refractivity contribution in [1.82, 2.24) is 14.9 Å². The zero-order valence-electron chi connectivity index (χ0n) is 26.7. The van der Waals surface area contributed by atoms with Gasteiger partial charge in [-0.2, -0.15) is 4.98 Å². The summed E-state index contributed by atoms with van der Waals surface area (Å²) < 4.78 is 20.9. The van der Waals surface area contributed by atoms with Gasteiger partial charge in [0.25, 0.3) is 5.91 Å². The molecule has 0 saturated carbocycles. The van der Waals surface area contributed by atoms with E-state index in [0.29, 0.717) is 55.7 Å². The average Bonchev–Trinajstić information content (AvgIpc) is 3.10. The molecular formula is C36H41FN6O4. The van der Waals surface area contributed by atoms with Crippen molar-refractivity contribution in [3.05, 3.63) is 78.2 Å². The number of nitrogens with zero attached hydrogens (tertiary/aromatic N) is 5. The molecule has 0 bridgehead atoms. The van der Waals surface area contributed by atoms with Crippen LogP contribution in [0.1, 0.15) is 62.2 Å². The molecule has 0 atom stereocenters. The maximum atomic E-state index is 14.6. The predicted octanol–water partition coefficient (Wildman–Crippen LogP) is 7.55. The summed E-state index contributed by atoms with van der Waals surface area (Å²) in [5.41, 5.74) is 1.58. The zero-order valence-corrected chi connectivity index (χ0v) is 26.7. The van der Waals surface area contributed by atoms with Crippen LogP contribution >= 0.6 is 0 Å². The van der Waals surface area contributed by atoms with Gasteiger partial charge in [0.1, 0.15) is 11.6 Å². The molecule has 2 saturated heterocycles. The Morgan fingerprint density at radius 3 is 2.49 bits per heavy atom. The first-order chi connectivity index (χ1) is 22.9. The fourth-order valence-electron chi connectivity index (χ4n) is 6.50. The highest BCUT2D eigenvalue weighted by Gasteiger charge is 2.28. The molecular weight excluding hydrogens is 599 g/mol. The number of carboxylic acid groups (broad SMARTS) is 1. The summed E-state index contributed by atoms with van der Waals surface area (Å²) in [5, 5.41) is 14.2. The largest absolute Gasteiger partial charge is 0.465 e. The average molecular weight is 641 g/mol. The van der Waals surface area contributed by atoms with Crippen LogP contribution in [0.25, 0.3) is 10.8 Å². The van der Waals surface area contributed by atoms with Gasteiger partial charge in [0.05, 0.1) is 0 Å². The van der Waals surface area contributed by atoms with Gasteiger partial charge in [-0.1, -0.05) is 37.6 Å². The number of nitrogens with one attached hydrogen (secondary N) is 1. The van der Waals surface area contributed by atoms with Gasteiger partial charge in [0, 0.05) is 78.7 Å². The third kappa shape index (κ3) is 7.56. The molecule has 0 radical (unpaired) electrons. The highest BCUT2D eigenvalue weighted by Crippen LogP contribution is 2.35. The second-order valence-corrected chi connectivity index (χ2v) is 12.2. The third-order valence-corrected chi connectivity index (χ3v) is 9.02. The lowest BCUT2D eigenvalue weighted by Crippen LogP contribution is -2.47. The standard InChI is InChI=1S/C36H41FN6O4/c1-2-3-19-43(36(45)46)27-14-20-42(21-15-27)35-38-16-13-33(40-35)47-32-12-11-31(29-9-5-6-10-30(29)32)39-34(44)25-22-26(37)24-28(23-25)41-17-7-4-8-18-41/h5-6,9-13,16,22-24,27H,2-4,7-8,14-15,17-21H2,1H3,(H,39,44)(H,45,46). The van der Waals surface area contributed by atoms with Gasteiger partial charge in [-0.25, -0.2) is 14.2 Å². The first-order valence-electron chi connectivity index (χ1n) is 16.5. The number of piperidine rings is 2.